The van der Waals surface area contributed by atoms with E-state index in [1.807, 2.05) is 57.2 Å². The molecule has 1 heterocycles. The van der Waals surface area contributed by atoms with Gasteiger partial charge < -0.3 is 14.0 Å². The van der Waals surface area contributed by atoms with Gasteiger partial charge in [0.25, 0.3) is 5.91 Å². The molecule has 0 atom stereocenters. The van der Waals surface area contributed by atoms with E-state index >= 15 is 0 Å². The lowest BCUT2D eigenvalue weighted by Gasteiger charge is -2.07. The van der Waals surface area contributed by atoms with Crippen LogP contribution in [-0.4, -0.2) is 30.2 Å². The van der Waals surface area contributed by atoms with Gasteiger partial charge in [-0.25, -0.2) is 0 Å². The first-order valence-electron chi connectivity index (χ1n) is 8.82. The first-order chi connectivity index (χ1) is 13.4. The molecule has 146 valence electrons. The van der Waals surface area contributed by atoms with Gasteiger partial charge in [-0.15, -0.1) is 0 Å². The molecule has 0 spiro atoms. The molecule has 6 nitrogen and oxygen atoms in total. The zero-order chi connectivity index (χ0) is 20.3. The Morgan fingerprint density at radius 1 is 1.07 bits per heavy atom. The van der Waals surface area contributed by atoms with E-state index in [0.717, 1.165) is 26.9 Å². The van der Waals surface area contributed by atoms with Crippen molar-refractivity contribution in [1.29, 1.82) is 0 Å². The summed E-state index contributed by atoms with van der Waals surface area (Å²) in [6.45, 7) is 5.77. The number of carbonyl (C=O) groups excluding carboxylic acids is 2. The van der Waals surface area contributed by atoms with Crippen molar-refractivity contribution in [1.82, 2.24) is 4.57 Å². The zero-order valence-electron chi connectivity index (χ0n) is 16.3. The molecule has 0 unspecified atom stereocenters. The van der Waals surface area contributed by atoms with Gasteiger partial charge in [0, 0.05) is 0 Å². The molecule has 2 aromatic carbocycles. The molecule has 0 bridgehead atoms. The lowest BCUT2D eigenvalue weighted by atomic mass is 10.1. The second-order valence-corrected chi connectivity index (χ2v) is 7.52. The smallest absolute Gasteiger partial charge is 0.325 e. The van der Waals surface area contributed by atoms with Crippen molar-refractivity contribution in [2.24, 2.45) is 4.99 Å². The van der Waals surface area contributed by atoms with E-state index in [2.05, 4.69) is 4.99 Å². The summed E-state index contributed by atoms with van der Waals surface area (Å²) < 4.78 is 13.1. The maximum Gasteiger partial charge on any atom is 0.325 e. The van der Waals surface area contributed by atoms with Gasteiger partial charge in [0.1, 0.15) is 12.3 Å². The Hall–Kier alpha value is -2.93. The van der Waals surface area contributed by atoms with Crippen LogP contribution in [0, 0.1) is 20.8 Å². The fourth-order valence-electron chi connectivity index (χ4n) is 2.75. The lowest BCUT2D eigenvalue weighted by Crippen LogP contribution is -2.23. The first kappa shape index (κ1) is 19.8. The normalized spacial score (nSPS) is 11.6. The molecule has 0 aliphatic rings. The topological polar surface area (TPSA) is 69.9 Å². The first-order valence-corrected chi connectivity index (χ1v) is 9.64. The summed E-state index contributed by atoms with van der Waals surface area (Å²) in [4.78, 5) is 28.9. The molecule has 0 radical (unpaired) electrons. The third-order valence-electron chi connectivity index (χ3n) is 4.48. The largest absolute Gasteiger partial charge is 0.483 e. The van der Waals surface area contributed by atoms with Gasteiger partial charge in [0.15, 0.2) is 11.4 Å². The van der Waals surface area contributed by atoms with Crippen molar-refractivity contribution in [3.05, 3.63) is 57.9 Å². The van der Waals surface area contributed by atoms with Gasteiger partial charge in [0.2, 0.25) is 0 Å². The average molecular weight is 398 g/mol. The molecule has 0 aliphatic carbocycles. The number of hydrogen-bond acceptors (Lipinski definition) is 5. The molecular weight excluding hydrogens is 376 g/mol. The second-order valence-electron chi connectivity index (χ2n) is 6.51. The highest BCUT2D eigenvalue weighted by molar-refractivity contribution is 7.16. The van der Waals surface area contributed by atoms with E-state index in [1.165, 1.54) is 18.4 Å². The summed E-state index contributed by atoms with van der Waals surface area (Å²) in [6, 6.07) is 11.5. The molecule has 1 amide bonds. The summed E-state index contributed by atoms with van der Waals surface area (Å²) in [5.74, 6) is -0.166. The summed E-state index contributed by atoms with van der Waals surface area (Å²) in [7, 11) is 1.34. The molecule has 0 saturated carbocycles. The number of nitrogens with zero attached hydrogens (tertiary/aromatic N) is 2. The second kappa shape index (κ2) is 8.39. The van der Waals surface area contributed by atoms with Crippen LogP contribution in [0.3, 0.4) is 0 Å². The number of fused-ring (bicyclic) bond motifs is 1. The number of amides is 1. The minimum absolute atomic E-state index is 0.0102. The molecule has 0 fully saturated rings. The van der Waals surface area contributed by atoms with E-state index < -0.39 is 11.9 Å². The number of para-hydroxylation sites is 1. The minimum atomic E-state index is -0.415. The predicted octanol–water partition coefficient (Wildman–Crippen LogP) is 3.31. The number of methoxy groups -OCH3 is 1. The van der Waals surface area contributed by atoms with Crippen LogP contribution < -0.4 is 9.54 Å². The fraction of sp³-hybridized carbons (Fsp3) is 0.286. The highest BCUT2D eigenvalue weighted by atomic mass is 32.1. The number of hydrogen-bond donors (Lipinski definition) is 0. The Morgan fingerprint density at radius 3 is 2.50 bits per heavy atom. The molecule has 3 rings (SSSR count). The van der Waals surface area contributed by atoms with E-state index in [1.54, 1.807) is 4.57 Å². The zero-order valence-corrected chi connectivity index (χ0v) is 17.1. The SMILES string of the molecule is COC(=O)Cn1c(=NC(=O)COc2ccccc2C)sc2cc(C)c(C)cc21. The van der Waals surface area contributed by atoms with Crippen molar-refractivity contribution in [3.8, 4) is 5.75 Å². The van der Waals surface area contributed by atoms with Gasteiger partial charge in [-0.1, -0.05) is 29.5 Å². The van der Waals surface area contributed by atoms with Crippen molar-refractivity contribution in [2.45, 2.75) is 27.3 Å². The van der Waals surface area contributed by atoms with Gasteiger partial charge in [-0.2, -0.15) is 4.99 Å². The number of benzene rings is 2. The maximum absolute atomic E-state index is 12.4. The molecule has 0 aliphatic heterocycles. The number of thiazole rings is 1. The summed E-state index contributed by atoms with van der Waals surface area (Å²) in [5, 5.41) is 0. The Bertz CT molecular complexity index is 1110. The van der Waals surface area contributed by atoms with Gasteiger partial charge in [-0.05, 0) is 55.7 Å². The standard InChI is InChI=1S/C21H22N2O4S/c1-13-7-5-6-8-17(13)27-12-19(24)22-21-23(11-20(25)26-4)16-9-14(2)15(3)10-18(16)28-21/h5-10H,11-12H2,1-4H3. The van der Waals surface area contributed by atoms with Gasteiger partial charge in [-0.3, -0.25) is 9.59 Å². The fourth-order valence-corrected chi connectivity index (χ4v) is 3.88. The monoisotopic (exact) mass is 398 g/mol. The van der Waals surface area contributed by atoms with Crippen LogP contribution >= 0.6 is 11.3 Å². The third-order valence-corrected chi connectivity index (χ3v) is 5.52. The number of carbonyl (C=O) groups is 2. The molecule has 0 saturated heterocycles. The summed E-state index contributed by atoms with van der Waals surface area (Å²) in [6.07, 6.45) is 0. The van der Waals surface area contributed by atoms with Crippen LogP contribution in [0.15, 0.2) is 41.4 Å². The average Bonchev–Trinajstić information content (AvgIpc) is 2.97. The number of aromatic nitrogens is 1. The Labute approximate surface area is 167 Å². The van der Waals surface area contributed by atoms with E-state index in [-0.39, 0.29) is 13.2 Å². The van der Waals surface area contributed by atoms with Crippen molar-refractivity contribution in [2.75, 3.05) is 13.7 Å². The lowest BCUT2D eigenvalue weighted by molar-refractivity contribution is -0.141. The highest BCUT2D eigenvalue weighted by Crippen LogP contribution is 2.22. The van der Waals surface area contributed by atoms with Crippen LogP contribution in [0.25, 0.3) is 10.2 Å². The van der Waals surface area contributed by atoms with E-state index in [9.17, 15) is 9.59 Å². The number of rotatable bonds is 5. The number of esters is 1. The molecule has 0 N–H and O–H groups in total. The highest BCUT2D eigenvalue weighted by Gasteiger charge is 2.13. The Morgan fingerprint density at radius 2 is 1.79 bits per heavy atom. The van der Waals surface area contributed by atoms with E-state index in [0.29, 0.717) is 10.6 Å². The van der Waals surface area contributed by atoms with Crippen molar-refractivity contribution < 1.29 is 19.1 Å². The van der Waals surface area contributed by atoms with Crippen LogP contribution in [0.5, 0.6) is 5.75 Å². The van der Waals surface area contributed by atoms with Crippen LogP contribution in [0.1, 0.15) is 16.7 Å². The number of aryl methyl sites for hydroxylation is 3. The summed E-state index contributed by atoms with van der Waals surface area (Å²) in [5.41, 5.74) is 4.04. The number of ether oxygens (including phenoxy) is 2. The Balaban J connectivity index is 1.95. The van der Waals surface area contributed by atoms with Crippen LogP contribution in [0.4, 0.5) is 0 Å². The van der Waals surface area contributed by atoms with E-state index in [4.69, 9.17) is 9.47 Å². The third kappa shape index (κ3) is 4.31. The molecule has 28 heavy (non-hydrogen) atoms. The molecule has 7 heteroatoms. The minimum Gasteiger partial charge on any atom is -0.483 e. The molecular formula is C21H22N2O4S. The quantitative estimate of drug-likeness (QED) is 0.619. The maximum atomic E-state index is 12.4. The Kier molecular flexibility index (Phi) is 5.94. The predicted molar refractivity (Wildman–Crippen MR) is 109 cm³/mol. The van der Waals surface area contributed by atoms with Crippen LogP contribution in [0.2, 0.25) is 0 Å². The van der Waals surface area contributed by atoms with Crippen molar-refractivity contribution >= 4 is 33.4 Å². The van der Waals surface area contributed by atoms with Crippen LogP contribution in [-0.2, 0) is 20.9 Å². The van der Waals surface area contributed by atoms with Gasteiger partial charge >= 0.3 is 5.97 Å². The van der Waals surface area contributed by atoms with Crippen molar-refractivity contribution in [3.63, 3.8) is 0 Å². The molecule has 3 aromatic rings. The molecule has 1 aromatic heterocycles. The summed E-state index contributed by atoms with van der Waals surface area (Å²) >= 11 is 1.36. The van der Waals surface area contributed by atoms with Gasteiger partial charge in [0.05, 0.1) is 17.3 Å².